The van der Waals surface area contributed by atoms with E-state index in [1.807, 2.05) is 19.9 Å². The molecule has 24 heavy (non-hydrogen) atoms. The number of carboxylic acids is 1. The molecule has 1 N–H and O–H groups in total. The summed E-state index contributed by atoms with van der Waals surface area (Å²) in [5, 5.41) is 13.4. The van der Waals surface area contributed by atoms with E-state index >= 15 is 0 Å². The maximum absolute atomic E-state index is 14.5. The van der Waals surface area contributed by atoms with Crippen molar-refractivity contribution >= 4 is 11.9 Å². The molecule has 1 amide bonds. The maximum Gasteiger partial charge on any atom is 0.326 e. The van der Waals surface area contributed by atoms with Crippen LogP contribution in [0.3, 0.4) is 0 Å². The SMILES string of the molecule is Cc1cc(C)n(-c2ccc(C(=O)N3CCC[C@@H]3C(=O)O)cc2F)n1. The van der Waals surface area contributed by atoms with E-state index in [0.29, 0.717) is 19.4 Å². The fraction of sp³-hybridized carbons (Fsp3) is 0.353. The Hall–Kier alpha value is -2.70. The van der Waals surface area contributed by atoms with Gasteiger partial charge in [-0.15, -0.1) is 0 Å². The molecule has 1 saturated heterocycles. The fourth-order valence-electron chi connectivity index (χ4n) is 3.12. The highest BCUT2D eigenvalue weighted by Crippen LogP contribution is 2.23. The van der Waals surface area contributed by atoms with Gasteiger partial charge in [-0.25, -0.2) is 13.9 Å². The van der Waals surface area contributed by atoms with Crippen molar-refractivity contribution in [2.45, 2.75) is 32.7 Å². The molecule has 0 spiro atoms. The molecule has 1 aliphatic rings. The summed E-state index contributed by atoms with van der Waals surface area (Å²) >= 11 is 0. The van der Waals surface area contributed by atoms with Crippen molar-refractivity contribution < 1.29 is 19.1 Å². The van der Waals surface area contributed by atoms with Gasteiger partial charge in [0.05, 0.1) is 5.69 Å². The molecule has 7 heteroatoms. The van der Waals surface area contributed by atoms with Crippen LogP contribution in [0.15, 0.2) is 24.3 Å². The second-order valence-corrected chi connectivity index (χ2v) is 6.00. The number of aromatic nitrogens is 2. The van der Waals surface area contributed by atoms with E-state index in [1.165, 1.54) is 21.7 Å². The first kappa shape index (κ1) is 16.2. The first-order chi connectivity index (χ1) is 11.4. The van der Waals surface area contributed by atoms with E-state index < -0.39 is 23.7 Å². The van der Waals surface area contributed by atoms with Crippen LogP contribution in [-0.2, 0) is 4.79 Å². The number of nitrogens with zero attached hydrogens (tertiary/aromatic N) is 3. The number of halogens is 1. The number of rotatable bonds is 3. The Morgan fingerprint density at radius 2 is 2.04 bits per heavy atom. The highest BCUT2D eigenvalue weighted by molar-refractivity contribution is 5.97. The number of aryl methyl sites for hydroxylation is 2. The molecular formula is C17H18FN3O3. The Labute approximate surface area is 138 Å². The van der Waals surface area contributed by atoms with E-state index in [4.69, 9.17) is 0 Å². The Bertz CT molecular complexity index is 815. The Morgan fingerprint density at radius 3 is 2.62 bits per heavy atom. The van der Waals surface area contributed by atoms with Gasteiger partial charge in [-0.2, -0.15) is 5.10 Å². The number of carboxylic acid groups (broad SMARTS) is 1. The van der Waals surface area contributed by atoms with Crippen LogP contribution in [-0.4, -0.2) is 44.3 Å². The van der Waals surface area contributed by atoms with Gasteiger partial charge in [0.2, 0.25) is 0 Å². The third-order valence-corrected chi connectivity index (χ3v) is 4.23. The minimum Gasteiger partial charge on any atom is -0.480 e. The smallest absolute Gasteiger partial charge is 0.326 e. The molecule has 0 unspecified atom stereocenters. The van der Waals surface area contributed by atoms with Crippen LogP contribution in [0, 0.1) is 19.7 Å². The highest BCUT2D eigenvalue weighted by Gasteiger charge is 2.34. The molecule has 2 aromatic rings. The van der Waals surface area contributed by atoms with Crippen molar-refractivity contribution in [1.82, 2.24) is 14.7 Å². The molecule has 1 atom stereocenters. The van der Waals surface area contributed by atoms with Gasteiger partial charge >= 0.3 is 5.97 Å². The summed E-state index contributed by atoms with van der Waals surface area (Å²) in [6, 6.07) is 5.14. The number of benzene rings is 1. The van der Waals surface area contributed by atoms with E-state index in [1.54, 1.807) is 0 Å². The molecule has 0 saturated carbocycles. The van der Waals surface area contributed by atoms with E-state index in [9.17, 15) is 19.1 Å². The number of hydrogen-bond acceptors (Lipinski definition) is 3. The van der Waals surface area contributed by atoms with Crippen LogP contribution in [0.5, 0.6) is 0 Å². The van der Waals surface area contributed by atoms with Crippen LogP contribution < -0.4 is 0 Å². The number of amides is 1. The summed E-state index contributed by atoms with van der Waals surface area (Å²) in [6.45, 7) is 4.01. The second kappa shape index (κ2) is 6.07. The molecule has 0 radical (unpaired) electrons. The lowest BCUT2D eigenvalue weighted by Gasteiger charge is -2.21. The number of carbonyl (C=O) groups excluding carboxylic acids is 1. The molecule has 1 aromatic heterocycles. The summed E-state index contributed by atoms with van der Waals surface area (Å²) < 4.78 is 16.0. The van der Waals surface area contributed by atoms with Crippen LogP contribution in [0.4, 0.5) is 4.39 Å². The van der Waals surface area contributed by atoms with E-state index in [0.717, 1.165) is 17.5 Å². The fourth-order valence-corrected chi connectivity index (χ4v) is 3.12. The first-order valence-corrected chi connectivity index (χ1v) is 7.75. The zero-order chi connectivity index (χ0) is 17.4. The largest absolute Gasteiger partial charge is 0.480 e. The van der Waals surface area contributed by atoms with Gasteiger partial charge < -0.3 is 10.0 Å². The van der Waals surface area contributed by atoms with Crippen molar-refractivity contribution in [2.75, 3.05) is 6.54 Å². The number of likely N-dealkylation sites (tertiary alicyclic amines) is 1. The lowest BCUT2D eigenvalue weighted by molar-refractivity contribution is -0.141. The molecule has 0 aliphatic carbocycles. The average molecular weight is 331 g/mol. The predicted molar refractivity (Wildman–Crippen MR) is 84.7 cm³/mol. The lowest BCUT2D eigenvalue weighted by Crippen LogP contribution is -2.40. The topological polar surface area (TPSA) is 75.4 Å². The lowest BCUT2D eigenvalue weighted by atomic mass is 10.1. The molecule has 2 heterocycles. The second-order valence-electron chi connectivity index (χ2n) is 6.00. The number of hydrogen-bond donors (Lipinski definition) is 1. The van der Waals surface area contributed by atoms with Crippen molar-refractivity contribution in [3.8, 4) is 5.69 Å². The Balaban J connectivity index is 1.91. The zero-order valence-corrected chi connectivity index (χ0v) is 13.5. The van der Waals surface area contributed by atoms with Crippen LogP contribution in [0.1, 0.15) is 34.6 Å². The third-order valence-electron chi connectivity index (χ3n) is 4.23. The zero-order valence-electron chi connectivity index (χ0n) is 13.5. The highest BCUT2D eigenvalue weighted by atomic mass is 19.1. The predicted octanol–water partition coefficient (Wildman–Crippen LogP) is 2.32. The number of aliphatic carboxylic acids is 1. The standard InChI is InChI=1S/C17H18FN3O3/c1-10-8-11(2)21(19-10)14-6-5-12(9-13(14)18)16(22)20-7-3-4-15(20)17(23)24/h5-6,8-9,15H,3-4,7H2,1-2H3,(H,23,24)/t15-/m1/s1. The summed E-state index contributed by atoms with van der Waals surface area (Å²) in [5.41, 5.74) is 1.96. The van der Waals surface area contributed by atoms with Gasteiger partial charge in [-0.05, 0) is 51.0 Å². The number of carbonyl (C=O) groups is 2. The van der Waals surface area contributed by atoms with Gasteiger partial charge in [-0.1, -0.05) is 0 Å². The Morgan fingerprint density at radius 1 is 1.29 bits per heavy atom. The Kier molecular flexibility index (Phi) is 4.09. The van der Waals surface area contributed by atoms with Crippen LogP contribution >= 0.6 is 0 Å². The average Bonchev–Trinajstić information content (AvgIpc) is 3.13. The van der Waals surface area contributed by atoms with Crippen molar-refractivity contribution in [3.05, 3.63) is 47.0 Å². The summed E-state index contributed by atoms with van der Waals surface area (Å²) in [5.74, 6) is -2.06. The van der Waals surface area contributed by atoms with E-state index in [2.05, 4.69) is 5.10 Å². The maximum atomic E-state index is 14.5. The van der Waals surface area contributed by atoms with Crippen LogP contribution in [0.2, 0.25) is 0 Å². The van der Waals surface area contributed by atoms with E-state index in [-0.39, 0.29) is 11.3 Å². The normalized spacial score (nSPS) is 17.3. The van der Waals surface area contributed by atoms with Gasteiger partial charge in [0, 0.05) is 17.8 Å². The molecule has 0 bridgehead atoms. The third kappa shape index (κ3) is 2.77. The molecule has 1 fully saturated rings. The summed E-state index contributed by atoms with van der Waals surface area (Å²) in [4.78, 5) is 25.0. The van der Waals surface area contributed by atoms with Crippen molar-refractivity contribution in [1.29, 1.82) is 0 Å². The minimum atomic E-state index is -1.03. The van der Waals surface area contributed by atoms with Crippen molar-refractivity contribution in [3.63, 3.8) is 0 Å². The molecule has 6 nitrogen and oxygen atoms in total. The van der Waals surface area contributed by atoms with Gasteiger partial charge in [0.15, 0.2) is 0 Å². The summed E-state index contributed by atoms with van der Waals surface area (Å²) in [7, 11) is 0. The minimum absolute atomic E-state index is 0.144. The molecule has 3 rings (SSSR count). The quantitative estimate of drug-likeness (QED) is 0.936. The van der Waals surface area contributed by atoms with Gasteiger partial charge in [-0.3, -0.25) is 4.79 Å². The first-order valence-electron chi connectivity index (χ1n) is 7.75. The molecule has 1 aromatic carbocycles. The van der Waals surface area contributed by atoms with Crippen molar-refractivity contribution in [2.24, 2.45) is 0 Å². The molecule has 1 aliphatic heterocycles. The molecule has 126 valence electrons. The van der Waals surface area contributed by atoms with Gasteiger partial charge in [0.1, 0.15) is 17.5 Å². The van der Waals surface area contributed by atoms with Gasteiger partial charge in [0.25, 0.3) is 5.91 Å². The van der Waals surface area contributed by atoms with Crippen LogP contribution in [0.25, 0.3) is 5.69 Å². The summed E-state index contributed by atoms with van der Waals surface area (Å²) in [6.07, 6.45) is 1.06. The molecular weight excluding hydrogens is 313 g/mol. The monoisotopic (exact) mass is 331 g/mol.